The predicted octanol–water partition coefficient (Wildman–Crippen LogP) is 1.85. The van der Waals surface area contributed by atoms with Gasteiger partial charge in [0.2, 0.25) is 10.0 Å². The monoisotopic (exact) mass is 312 g/mol. The Morgan fingerprint density at radius 1 is 1.33 bits per heavy atom. The molecule has 2 rings (SSSR count). The molecular weight excluding hydrogens is 288 g/mol. The summed E-state index contributed by atoms with van der Waals surface area (Å²) in [4.78, 5) is 0.314. The Kier molecular flexibility index (Phi) is 5.61. The van der Waals surface area contributed by atoms with Crippen LogP contribution in [0.4, 0.5) is 0 Å². The summed E-state index contributed by atoms with van der Waals surface area (Å²) in [7, 11) is -1.93. The minimum absolute atomic E-state index is 0.0856. The molecule has 5 nitrogen and oxygen atoms in total. The zero-order chi connectivity index (χ0) is 15.3. The molecule has 6 heteroatoms. The van der Waals surface area contributed by atoms with Crippen molar-refractivity contribution < 1.29 is 13.2 Å². The van der Waals surface area contributed by atoms with Gasteiger partial charge in [-0.25, -0.2) is 8.42 Å². The van der Waals surface area contributed by atoms with Crippen LogP contribution in [0.25, 0.3) is 0 Å². The summed E-state index contributed by atoms with van der Waals surface area (Å²) < 4.78 is 32.7. The summed E-state index contributed by atoms with van der Waals surface area (Å²) in [6.07, 6.45) is 2.54. The first-order valence-corrected chi connectivity index (χ1v) is 8.90. The number of hydrogen-bond donors (Lipinski definition) is 1. The number of methoxy groups -OCH3 is 1. The van der Waals surface area contributed by atoms with Gasteiger partial charge in [-0.15, -0.1) is 0 Å². The number of sulfonamides is 1. The summed E-state index contributed by atoms with van der Waals surface area (Å²) >= 11 is 0. The highest BCUT2D eigenvalue weighted by molar-refractivity contribution is 7.89. The van der Waals surface area contributed by atoms with E-state index in [0.29, 0.717) is 17.2 Å². The fourth-order valence-electron chi connectivity index (χ4n) is 2.71. The lowest BCUT2D eigenvalue weighted by Gasteiger charge is -2.33. The fraction of sp³-hybridized carbons (Fsp3) is 0.600. The minimum Gasteiger partial charge on any atom is -0.497 e. The molecule has 118 valence electrons. The lowest BCUT2D eigenvalue weighted by Crippen LogP contribution is -2.46. The minimum atomic E-state index is -3.47. The average Bonchev–Trinajstić information content (AvgIpc) is 2.53. The second kappa shape index (κ2) is 7.24. The van der Waals surface area contributed by atoms with Gasteiger partial charge in [0.1, 0.15) is 5.75 Å². The molecule has 0 bridgehead atoms. The van der Waals surface area contributed by atoms with E-state index in [0.717, 1.165) is 32.4 Å². The molecule has 0 atom stereocenters. The van der Waals surface area contributed by atoms with E-state index in [9.17, 15) is 8.42 Å². The smallest absolute Gasteiger partial charge is 0.243 e. The molecule has 0 spiro atoms. The van der Waals surface area contributed by atoms with Crippen LogP contribution in [0.3, 0.4) is 0 Å². The van der Waals surface area contributed by atoms with Gasteiger partial charge < -0.3 is 10.1 Å². The van der Waals surface area contributed by atoms with Gasteiger partial charge in [0.25, 0.3) is 0 Å². The third-order valence-corrected chi connectivity index (χ3v) is 5.76. The van der Waals surface area contributed by atoms with Crippen LogP contribution in [0.5, 0.6) is 5.75 Å². The van der Waals surface area contributed by atoms with Gasteiger partial charge >= 0.3 is 0 Å². The summed E-state index contributed by atoms with van der Waals surface area (Å²) in [5.74, 6) is 0.567. The standard InChI is InChI=1S/C15H24N2O3S/c1-3-11-17(13-7-9-16-10-8-13)21(18,19)15-6-4-5-14(12-15)20-2/h4-6,12-13,16H,3,7-11H2,1-2H3. The van der Waals surface area contributed by atoms with Crippen molar-refractivity contribution in [3.63, 3.8) is 0 Å². The Bertz CT molecular complexity index is 554. The van der Waals surface area contributed by atoms with Crippen LogP contribution >= 0.6 is 0 Å². The Labute approximate surface area is 127 Å². The maximum absolute atomic E-state index is 12.9. The van der Waals surface area contributed by atoms with Gasteiger partial charge in [0, 0.05) is 18.7 Å². The summed E-state index contributed by atoms with van der Waals surface area (Å²) in [6.45, 7) is 4.32. The topological polar surface area (TPSA) is 58.6 Å². The third kappa shape index (κ3) is 3.75. The van der Waals surface area contributed by atoms with Crippen molar-refractivity contribution in [2.75, 3.05) is 26.7 Å². The highest BCUT2D eigenvalue weighted by atomic mass is 32.2. The van der Waals surface area contributed by atoms with Crippen LogP contribution in [0.2, 0.25) is 0 Å². The van der Waals surface area contributed by atoms with Crippen molar-refractivity contribution in [2.45, 2.75) is 37.1 Å². The first kappa shape index (κ1) is 16.3. The van der Waals surface area contributed by atoms with E-state index >= 15 is 0 Å². The van der Waals surface area contributed by atoms with Crippen LogP contribution in [-0.4, -0.2) is 45.5 Å². The van der Waals surface area contributed by atoms with Gasteiger partial charge in [-0.1, -0.05) is 13.0 Å². The molecule has 0 aliphatic carbocycles. The van der Waals surface area contributed by atoms with E-state index in [1.165, 1.54) is 0 Å². The van der Waals surface area contributed by atoms with Gasteiger partial charge in [-0.05, 0) is 44.5 Å². The molecule has 21 heavy (non-hydrogen) atoms. The zero-order valence-electron chi connectivity index (χ0n) is 12.7. The molecular formula is C15H24N2O3S. The fourth-order valence-corrected chi connectivity index (χ4v) is 4.52. The van der Waals surface area contributed by atoms with Crippen LogP contribution in [0.1, 0.15) is 26.2 Å². The second-order valence-electron chi connectivity index (χ2n) is 5.28. The first-order chi connectivity index (χ1) is 10.1. The lowest BCUT2D eigenvalue weighted by atomic mass is 10.1. The number of nitrogens with zero attached hydrogens (tertiary/aromatic N) is 1. The molecule has 1 aromatic carbocycles. The van der Waals surface area contributed by atoms with Crippen LogP contribution in [0, 0.1) is 0 Å². The van der Waals surface area contributed by atoms with E-state index in [1.54, 1.807) is 35.7 Å². The number of benzene rings is 1. The summed E-state index contributed by atoms with van der Waals surface area (Å²) in [5, 5.41) is 3.28. The molecule has 1 N–H and O–H groups in total. The van der Waals surface area contributed by atoms with E-state index in [2.05, 4.69) is 5.32 Å². The highest BCUT2D eigenvalue weighted by Gasteiger charge is 2.31. The molecule has 0 aromatic heterocycles. The lowest BCUT2D eigenvalue weighted by molar-refractivity contribution is 0.262. The molecule has 1 saturated heterocycles. The Balaban J connectivity index is 2.31. The van der Waals surface area contributed by atoms with E-state index < -0.39 is 10.0 Å². The number of rotatable bonds is 6. The molecule has 0 amide bonds. The third-order valence-electron chi connectivity index (χ3n) is 3.81. The average molecular weight is 312 g/mol. The van der Waals surface area contributed by atoms with Crippen LogP contribution < -0.4 is 10.1 Å². The summed E-state index contributed by atoms with van der Waals surface area (Å²) in [5.41, 5.74) is 0. The highest BCUT2D eigenvalue weighted by Crippen LogP contribution is 2.25. The van der Waals surface area contributed by atoms with Crippen LogP contribution in [-0.2, 0) is 10.0 Å². The number of hydrogen-bond acceptors (Lipinski definition) is 4. The Morgan fingerprint density at radius 2 is 2.05 bits per heavy atom. The molecule has 1 fully saturated rings. The maximum atomic E-state index is 12.9. The molecule has 0 unspecified atom stereocenters. The summed E-state index contributed by atoms with van der Waals surface area (Å²) in [6, 6.07) is 6.80. The van der Waals surface area contributed by atoms with Gasteiger partial charge in [0.15, 0.2) is 0 Å². The van der Waals surface area contributed by atoms with Crippen molar-refractivity contribution in [3.8, 4) is 5.75 Å². The molecule has 1 heterocycles. The number of piperidine rings is 1. The Hall–Kier alpha value is -1.11. The first-order valence-electron chi connectivity index (χ1n) is 7.46. The van der Waals surface area contributed by atoms with Crippen molar-refractivity contribution in [1.82, 2.24) is 9.62 Å². The molecule has 0 saturated carbocycles. The van der Waals surface area contributed by atoms with Crippen molar-refractivity contribution in [1.29, 1.82) is 0 Å². The largest absolute Gasteiger partial charge is 0.497 e. The zero-order valence-corrected chi connectivity index (χ0v) is 13.5. The van der Waals surface area contributed by atoms with Gasteiger partial charge in [-0.3, -0.25) is 0 Å². The number of ether oxygens (including phenoxy) is 1. The van der Waals surface area contributed by atoms with E-state index in [4.69, 9.17) is 4.74 Å². The van der Waals surface area contributed by atoms with Crippen molar-refractivity contribution in [3.05, 3.63) is 24.3 Å². The maximum Gasteiger partial charge on any atom is 0.243 e. The van der Waals surface area contributed by atoms with Gasteiger partial charge in [0.05, 0.1) is 12.0 Å². The SMILES string of the molecule is CCCN(C1CCNCC1)S(=O)(=O)c1cccc(OC)c1. The van der Waals surface area contributed by atoms with Gasteiger partial charge in [-0.2, -0.15) is 4.31 Å². The molecule has 1 aromatic rings. The van der Waals surface area contributed by atoms with E-state index in [1.807, 2.05) is 6.92 Å². The predicted molar refractivity (Wildman–Crippen MR) is 83.1 cm³/mol. The van der Waals surface area contributed by atoms with E-state index in [-0.39, 0.29) is 6.04 Å². The molecule has 0 radical (unpaired) electrons. The molecule has 1 aliphatic heterocycles. The van der Waals surface area contributed by atoms with Crippen LogP contribution in [0.15, 0.2) is 29.2 Å². The Morgan fingerprint density at radius 3 is 2.67 bits per heavy atom. The quantitative estimate of drug-likeness (QED) is 0.871. The molecule has 1 aliphatic rings. The van der Waals surface area contributed by atoms with Crippen molar-refractivity contribution in [2.24, 2.45) is 0 Å². The second-order valence-corrected chi connectivity index (χ2v) is 7.17. The normalized spacial score (nSPS) is 17.1. The number of nitrogens with one attached hydrogen (secondary N) is 1. The van der Waals surface area contributed by atoms with Crippen molar-refractivity contribution >= 4 is 10.0 Å².